The molecule has 2 rings (SSSR count). The number of para-hydroxylation sites is 1. The van der Waals surface area contributed by atoms with E-state index in [2.05, 4.69) is 31.4 Å². The van der Waals surface area contributed by atoms with Crippen LogP contribution < -0.4 is 10.6 Å². The van der Waals surface area contributed by atoms with Gasteiger partial charge in [-0.2, -0.15) is 0 Å². The molecule has 0 radical (unpaired) electrons. The van der Waals surface area contributed by atoms with E-state index in [0.717, 1.165) is 5.56 Å². The number of hydrogen-bond acceptors (Lipinski definition) is 3. The van der Waals surface area contributed by atoms with Crippen LogP contribution in [0, 0.1) is 5.82 Å². The molecule has 0 bridgehead atoms. The summed E-state index contributed by atoms with van der Waals surface area (Å²) in [4.78, 5) is 24.5. The Morgan fingerprint density at radius 1 is 1.07 bits per heavy atom. The van der Waals surface area contributed by atoms with E-state index in [1.807, 2.05) is 24.3 Å². The highest BCUT2D eigenvalue weighted by Gasteiger charge is 2.23. The van der Waals surface area contributed by atoms with Crippen molar-refractivity contribution in [3.05, 3.63) is 65.5 Å². The molecule has 0 aliphatic rings. The van der Waals surface area contributed by atoms with Gasteiger partial charge in [0.15, 0.2) is 0 Å². The number of ether oxygens (including phenoxy) is 1. The van der Waals surface area contributed by atoms with Crippen LogP contribution in [-0.2, 0) is 21.4 Å². The standard InChI is InChI=1S/C21H25FN2O3/c1-21(2,3)16-7-5-6-8-17(16)23-20(26)24-18(19(25)27-4)13-14-9-11-15(22)12-10-14/h5-12,18H,13H2,1-4H3,(H2,23,24,26). The van der Waals surface area contributed by atoms with Gasteiger partial charge in [0, 0.05) is 12.1 Å². The number of methoxy groups -OCH3 is 1. The number of carbonyl (C=O) groups excluding carboxylic acids is 2. The molecule has 27 heavy (non-hydrogen) atoms. The fourth-order valence-corrected chi connectivity index (χ4v) is 2.75. The highest BCUT2D eigenvalue weighted by Crippen LogP contribution is 2.29. The summed E-state index contributed by atoms with van der Waals surface area (Å²) in [5, 5.41) is 5.44. The molecule has 0 spiro atoms. The SMILES string of the molecule is COC(=O)C(Cc1ccc(F)cc1)NC(=O)Nc1ccccc1C(C)(C)C. The Balaban J connectivity index is 2.12. The van der Waals surface area contributed by atoms with E-state index in [1.165, 1.54) is 19.2 Å². The van der Waals surface area contributed by atoms with E-state index in [-0.39, 0.29) is 17.7 Å². The smallest absolute Gasteiger partial charge is 0.328 e. The summed E-state index contributed by atoms with van der Waals surface area (Å²) in [6.07, 6.45) is 0.196. The van der Waals surface area contributed by atoms with Crippen molar-refractivity contribution >= 4 is 17.7 Å². The normalized spacial score (nSPS) is 12.2. The fourth-order valence-electron chi connectivity index (χ4n) is 2.75. The van der Waals surface area contributed by atoms with E-state index in [0.29, 0.717) is 11.3 Å². The Morgan fingerprint density at radius 2 is 1.70 bits per heavy atom. The van der Waals surface area contributed by atoms with Crippen molar-refractivity contribution in [3.8, 4) is 0 Å². The summed E-state index contributed by atoms with van der Waals surface area (Å²) in [5.41, 5.74) is 2.21. The van der Waals surface area contributed by atoms with Crippen molar-refractivity contribution in [1.29, 1.82) is 0 Å². The zero-order chi connectivity index (χ0) is 20.0. The Morgan fingerprint density at radius 3 is 2.30 bits per heavy atom. The number of anilines is 1. The van der Waals surface area contributed by atoms with Crippen molar-refractivity contribution in [2.24, 2.45) is 0 Å². The summed E-state index contributed by atoms with van der Waals surface area (Å²) in [7, 11) is 1.26. The molecule has 0 saturated heterocycles. The summed E-state index contributed by atoms with van der Waals surface area (Å²) in [5.74, 6) is -0.934. The molecule has 5 nitrogen and oxygen atoms in total. The van der Waals surface area contributed by atoms with Gasteiger partial charge in [-0.05, 0) is 34.7 Å². The number of urea groups is 1. The molecule has 0 saturated carbocycles. The minimum absolute atomic E-state index is 0.153. The second kappa shape index (κ2) is 8.66. The topological polar surface area (TPSA) is 67.4 Å². The molecule has 2 aromatic carbocycles. The molecule has 1 atom stereocenters. The first kappa shape index (κ1) is 20.4. The fraction of sp³-hybridized carbons (Fsp3) is 0.333. The largest absolute Gasteiger partial charge is 0.467 e. The molecule has 1 unspecified atom stereocenters. The highest BCUT2D eigenvalue weighted by atomic mass is 19.1. The predicted molar refractivity (Wildman–Crippen MR) is 103 cm³/mol. The quantitative estimate of drug-likeness (QED) is 0.779. The lowest BCUT2D eigenvalue weighted by Crippen LogP contribution is -2.45. The van der Waals surface area contributed by atoms with Gasteiger partial charge in [-0.1, -0.05) is 51.1 Å². The van der Waals surface area contributed by atoms with Crippen LogP contribution in [0.1, 0.15) is 31.9 Å². The van der Waals surface area contributed by atoms with Crippen LogP contribution in [0.3, 0.4) is 0 Å². The number of esters is 1. The third-order valence-corrected chi connectivity index (χ3v) is 4.13. The third-order valence-electron chi connectivity index (χ3n) is 4.13. The molecule has 2 N–H and O–H groups in total. The molecule has 2 amide bonds. The molecule has 0 heterocycles. The lowest BCUT2D eigenvalue weighted by Gasteiger charge is -2.24. The number of nitrogens with one attached hydrogen (secondary N) is 2. The number of amides is 2. The van der Waals surface area contributed by atoms with E-state index in [1.54, 1.807) is 12.1 Å². The maximum absolute atomic E-state index is 13.1. The van der Waals surface area contributed by atoms with Crippen molar-refractivity contribution in [1.82, 2.24) is 5.32 Å². The lowest BCUT2D eigenvalue weighted by molar-refractivity contribution is -0.142. The summed E-state index contributed by atoms with van der Waals surface area (Å²) in [6, 6.07) is 11.9. The molecular formula is C21H25FN2O3. The van der Waals surface area contributed by atoms with Gasteiger partial charge in [-0.3, -0.25) is 0 Å². The zero-order valence-electron chi connectivity index (χ0n) is 16.0. The molecule has 2 aromatic rings. The van der Waals surface area contributed by atoms with Crippen LogP contribution in [0.25, 0.3) is 0 Å². The first-order valence-electron chi connectivity index (χ1n) is 8.70. The average molecular weight is 372 g/mol. The molecule has 0 aliphatic heterocycles. The van der Waals surface area contributed by atoms with Gasteiger partial charge < -0.3 is 15.4 Å². The second-order valence-corrected chi connectivity index (χ2v) is 7.30. The van der Waals surface area contributed by atoms with Gasteiger partial charge in [0.05, 0.1) is 7.11 Å². The minimum atomic E-state index is -0.887. The van der Waals surface area contributed by atoms with Crippen molar-refractivity contribution < 1.29 is 18.7 Å². The van der Waals surface area contributed by atoms with Gasteiger partial charge >= 0.3 is 12.0 Å². The predicted octanol–water partition coefficient (Wildman–Crippen LogP) is 4.03. The number of benzene rings is 2. The van der Waals surface area contributed by atoms with Gasteiger partial charge in [0.1, 0.15) is 11.9 Å². The van der Waals surface area contributed by atoms with Crippen molar-refractivity contribution in [3.63, 3.8) is 0 Å². The monoisotopic (exact) mass is 372 g/mol. The zero-order valence-corrected chi connectivity index (χ0v) is 16.0. The number of halogens is 1. The van der Waals surface area contributed by atoms with Gasteiger partial charge in [0.2, 0.25) is 0 Å². The van der Waals surface area contributed by atoms with E-state index in [4.69, 9.17) is 4.74 Å². The molecule has 144 valence electrons. The molecular weight excluding hydrogens is 347 g/mol. The lowest BCUT2D eigenvalue weighted by atomic mass is 9.86. The van der Waals surface area contributed by atoms with Crippen LogP contribution in [0.15, 0.2) is 48.5 Å². The third kappa shape index (κ3) is 5.81. The highest BCUT2D eigenvalue weighted by molar-refractivity contribution is 5.93. The van der Waals surface area contributed by atoms with Crippen molar-refractivity contribution in [2.45, 2.75) is 38.6 Å². The van der Waals surface area contributed by atoms with Crippen LogP contribution in [0.4, 0.5) is 14.9 Å². The Bertz CT molecular complexity index is 798. The Hall–Kier alpha value is -2.89. The van der Waals surface area contributed by atoms with Crippen LogP contribution in [0.2, 0.25) is 0 Å². The number of carbonyl (C=O) groups is 2. The van der Waals surface area contributed by atoms with Crippen molar-refractivity contribution in [2.75, 3.05) is 12.4 Å². The maximum atomic E-state index is 13.1. The van der Waals surface area contributed by atoms with E-state index >= 15 is 0 Å². The molecule has 0 fully saturated rings. The van der Waals surface area contributed by atoms with Gasteiger partial charge in [0.25, 0.3) is 0 Å². The van der Waals surface area contributed by atoms with E-state index < -0.39 is 18.0 Å². The number of hydrogen-bond donors (Lipinski definition) is 2. The molecule has 6 heteroatoms. The summed E-state index contributed by atoms with van der Waals surface area (Å²) in [6.45, 7) is 6.16. The number of rotatable bonds is 5. The summed E-state index contributed by atoms with van der Waals surface area (Å²) >= 11 is 0. The first-order chi connectivity index (χ1) is 12.7. The second-order valence-electron chi connectivity index (χ2n) is 7.30. The van der Waals surface area contributed by atoms with Gasteiger partial charge in [-0.25, -0.2) is 14.0 Å². The van der Waals surface area contributed by atoms with Crippen LogP contribution in [-0.4, -0.2) is 25.2 Å². The molecule has 0 aliphatic carbocycles. The van der Waals surface area contributed by atoms with Crippen LogP contribution >= 0.6 is 0 Å². The maximum Gasteiger partial charge on any atom is 0.328 e. The Kier molecular flexibility index (Phi) is 6.55. The summed E-state index contributed by atoms with van der Waals surface area (Å²) < 4.78 is 17.8. The van der Waals surface area contributed by atoms with Gasteiger partial charge in [-0.15, -0.1) is 0 Å². The van der Waals surface area contributed by atoms with Crippen LogP contribution in [0.5, 0.6) is 0 Å². The Labute approximate surface area is 158 Å². The minimum Gasteiger partial charge on any atom is -0.467 e. The average Bonchev–Trinajstić information content (AvgIpc) is 2.61. The first-order valence-corrected chi connectivity index (χ1v) is 8.70. The van der Waals surface area contributed by atoms with E-state index in [9.17, 15) is 14.0 Å². The molecule has 0 aromatic heterocycles.